The van der Waals surface area contributed by atoms with Crippen molar-refractivity contribution in [2.45, 2.75) is 6.42 Å². The van der Waals surface area contributed by atoms with E-state index in [1.165, 1.54) is 0 Å². The first-order valence-electron chi connectivity index (χ1n) is 3.98. The normalized spacial score (nSPS) is 10.8. The lowest BCUT2D eigenvalue weighted by Gasteiger charge is -1.91. The van der Waals surface area contributed by atoms with Crippen LogP contribution in [0.4, 0.5) is 0 Å². The van der Waals surface area contributed by atoms with E-state index >= 15 is 0 Å². The molecule has 2 nitrogen and oxygen atoms in total. The third-order valence-electron chi connectivity index (χ3n) is 1.94. The van der Waals surface area contributed by atoms with Crippen LogP contribution in [0.3, 0.4) is 0 Å². The van der Waals surface area contributed by atoms with Crippen molar-refractivity contribution in [3.05, 3.63) is 36.1 Å². The van der Waals surface area contributed by atoms with Gasteiger partial charge in [-0.1, -0.05) is 18.2 Å². The minimum absolute atomic E-state index is 0.170. The maximum Gasteiger partial charge on any atom is 0.134 e. The molecule has 0 saturated carbocycles. The van der Waals surface area contributed by atoms with Crippen LogP contribution >= 0.6 is 0 Å². The van der Waals surface area contributed by atoms with Crippen molar-refractivity contribution < 1.29 is 9.52 Å². The Morgan fingerprint density at radius 1 is 1.25 bits per heavy atom. The van der Waals surface area contributed by atoms with Crippen molar-refractivity contribution in [3.63, 3.8) is 0 Å². The van der Waals surface area contributed by atoms with Gasteiger partial charge in [0.25, 0.3) is 0 Å². The van der Waals surface area contributed by atoms with Crippen molar-refractivity contribution in [2.75, 3.05) is 6.61 Å². The molecule has 2 rings (SSSR count). The van der Waals surface area contributed by atoms with Crippen LogP contribution in [0.2, 0.25) is 0 Å². The van der Waals surface area contributed by atoms with Gasteiger partial charge >= 0.3 is 0 Å². The summed E-state index contributed by atoms with van der Waals surface area (Å²) in [7, 11) is 0. The predicted molar refractivity (Wildman–Crippen MR) is 47.0 cm³/mol. The van der Waals surface area contributed by atoms with Crippen molar-refractivity contribution >= 4 is 11.0 Å². The molecule has 0 spiro atoms. The fraction of sp³-hybridized carbons (Fsp3) is 0.200. The molecule has 0 aliphatic carbocycles. The van der Waals surface area contributed by atoms with Gasteiger partial charge in [0.05, 0.1) is 6.26 Å². The van der Waals surface area contributed by atoms with E-state index in [2.05, 4.69) is 0 Å². The largest absolute Gasteiger partial charge is 0.464 e. The molecular weight excluding hydrogens is 152 g/mol. The van der Waals surface area contributed by atoms with Gasteiger partial charge in [-0.05, 0) is 12.5 Å². The highest BCUT2D eigenvalue weighted by atomic mass is 16.3. The van der Waals surface area contributed by atoms with Crippen LogP contribution in [0, 0.1) is 0 Å². The highest BCUT2D eigenvalue weighted by Gasteiger charge is 2.02. The van der Waals surface area contributed by atoms with Crippen molar-refractivity contribution in [1.29, 1.82) is 0 Å². The summed E-state index contributed by atoms with van der Waals surface area (Å²) < 4.78 is 5.29. The van der Waals surface area contributed by atoms with Gasteiger partial charge in [-0.25, -0.2) is 0 Å². The summed E-state index contributed by atoms with van der Waals surface area (Å²) in [5.41, 5.74) is 1.97. The van der Waals surface area contributed by atoms with Gasteiger partial charge in [-0.3, -0.25) is 0 Å². The first-order valence-corrected chi connectivity index (χ1v) is 3.98. The molecule has 1 N–H and O–H groups in total. The Bertz CT molecular complexity index is 376. The molecule has 2 aromatic rings. The summed E-state index contributed by atoms with van der Waals surface area (Å²) in [5, 5.41) is 9.86. The fourth-order valence-electron chi connectivity index (χ4n) is 1.35. The molecule has 0 amide bonds. The van der Waals surface area contributed by atoms with Crippen LogP contribution in [-0.2, 0) is 6.42 Å². The summed E-state index contributed by atoms with van der Waals surface area (Å²) in [6.45, 7) is 0.170. The van der Waals surface area contributed by atoms with E-state index in [0.717, 1.165) is 16.5 Å². The maximum absolute atomic E-state index is 8.76. The molecule has 0 aliphatic heterocycles. The predicted octanol–water partition coefficient (Wildman–Crippen LogP) is 1.97. The van der Waals surface area contributed by atoms with Crippen LogP contribution in [0.15, 0.2) is 34.9 Å². The Morgan fingerprint density at radius 2 is 2.08 bits per heavy atom. The zero-order chi connectivity index (χ0) is 8.39. The van der Waals surface area contributed by atoms with Crippen LogP contribution in [0.1, 0.15) is 5.56 Å². The number of para-hydroxylation sites is 1. The molecule has 2 heteroatoms. The Morgan fingerprint density at radius 3 is 2.92 bits per heavy atom. The summed E-state index contributed by atoms with van der Waals surface area (Å²) >= 11 is 0. The van der Waals surface area contributed by atoms with Gasteiger partial charge in [-0.2, -0.15) is 0 Å². The zero-order valence-corrected chi connectivity index (χ0v) is 6.66. The second kappa shape index (κ2) is 2.99. The highest BCUT2D eigenvalue weighted by Crippen LogP contribution is 2.20. The number of rotatable bonds is 2. The lowest BCUT2D eigenvalue weighted by Crippen LogP contribution is -1.87. The monoisotopic (exact) mass is 162 g/mol. The number of hydrogen-bond acceptors (Lipinski definition) is 2. The molecule has 0 aliphatic rings. The molecule has 0 radical (unpaired) electrons. The molecule has 0 saturated heterocycles. The minimum Gasteiger partial charge on any atom is -0.464 e. The number of fused-ring (bicyclic) bond motifs is 1. The second-order valence-electron chi connectivity index (χ2n) is 2.73. The molecule has 12 heavy (non-hydrogen) atoms. The molecule has 62 valence electrons. The average Bonchev–Trinajstić information content (AvgIpc) is 2.50. The minimum atomic E-state index is 0.170. The standard InChI is InChI=1S/C10H10O2/c11-6-5-8-7-12-10-4-2-1-3-9(8)10/h1-4,7,11H,5-6H2. The molecule has 0 fully saturated rings. The number of hydrogen-bond donors (Lipinski definition) is 1. The van der Waals surface area contributed by atoms with E-state index in [0.29, 0.717) is 6.42 Å². The molecule has 0 unspecified atom stereocenters. The lowest BCUT2D eigenvalue weighted by molar-refractivity contribution is 0.299. The van der Waals surface area contributed by atoms with Crippen molar-refractivity contribution in [3.8, 4) is 0 Å². The van der Waals surface area contributed by atoms with Gasteiger partial charge in [-0.15, -0.1) is 0 Å². The summed E-state index contributed by atoms with van der Waals surface area (Å²) in [4.78, 5) is 0. The molecule has 1 heterocycles. The van der Waals surface area contributed by atoms with Crippen LogP contribution in [0.5, 0.6) is 0 Å². The van der Waals surface area contributed by atoms with Crippen molar-refractivity contribution in [2.24, 2.45) is 0 Å². The molecule has 1 aromatic heterocycles. The average molecular weight is 162 g/mol. The number of benzene rings is 1. The second-order valence-corrected chi connectivity index (χ2v) is 2.73. The van der Waals surface area contributed by atoms with Crippen LogP contribution < -0.4 is 0 Å². The lowest BCUT2D eigenvalue weighted by atomic mass is 10.1. The zero-order valence-electron chi connectivity index (χ0n) is 6.66. The van der Waals surface area contributed by atoms with E-state index in [1.807, 2.05) is 24.3 Å². The highest BCUT2D eigenvalue weighted by molar-refractivity contribution is 5.80. The van der Waals surface area contributed by atoms with Gasteiger partial charge in [0.15, 0.2) is 0 Å². The maximum atomic E-state index is 8.76. The first-order chi connectivity index (χ1) is 5.92. The first kappa shape index (κ1) is 7.37. The summed E-state index contributed by atoms with van der Waals surface area (Å²) in [6, 6.07) is 7.84. The number of aliphatic hydroxyl groups excluding tert-OH is 1. The van der Waals surface area contributed by atoms with Gasteiger partial charge < -0.3 is 9.52 Å². The molecule has 1 aromatic carbocycles. The molecule has 0 atom stereocenters. The van der Waals surface area contributed by atoms with Crippen molar-refractivity contribution in [1.82, 2.24) is 0 Å². The summed E-state index contributed by atoms with van der Waals surface area (Å²) in [5.74, 6) is 0. The smallest absolute Gasteiger partial charge is 0.134 e. The quantitative estimate of drug-likeness (QED) is 0.732. The Kier molecular flexibility index (Phi) is 1.84. The third-order valence-corrected chi connectivity index (χ3v) is 1.94. The fourth-order valence-corrected chi connectivity index (χ4v) is 1.35. The van der Waals surface area contributed by atoms with E-state index < -0.39 is 0 Å². The third kappa shape index (κ3) is 1.10. The van der Waals surface area contributed by atoms with Gasteiger partial charge in [0.2, 0.25) is 0 Å². The van der Waals surface area contributed by atoms with Gasteiger partial charge in [0, 0.05) is 17.6 Å². The Hall–Kier alpha value is -1.28. The van der Waals surface area contributed by atoms with E-state index in [-0.39, 0.29) is 6.61 Å². The molecule has 0 bridgehead atoms. The SMILES string of the molecule is OCCc1coc2ccccc12. The van der Waals surface area contributed by atoms with E-state index in [4.69, 9.17) is 9.52 Å². The van der Waals surface area contributed by atoms with E-state index in [9.17, 15) is 0 Å². The Labute approximate surface area is 70.4 Å². The number of aliphatic hydroxyl groups is 1. The number of furan rings is 1. The molecular formula is C10H10O2. The summed E-state index contributed by atoms with van der Waals surface area (Å²) in [6.07, 6.45) is 2.37. The van der Waals surface area contributed by atoms with E-state index in [1.54, 1.807) is 6.26 Å². The van der Waals surface area contributed by atoms with Gasteiger partial charge in [0.1, 0.15) is 5.58 Å². The Balaban J connectivity index is 2.55. The van der Waals surface area contributed by atoms with Crippen LogP contribution in [-0.4, -0.2) is 11.7 Å². The van der Waals surface area contributed by atoms with Crippen LogP contribution in [0.25, 0.3) is 11.0 Å². The topological polar surface area (TPSA) is 33.4 Å².